The molecular formula is C13H21N3O5. The van der Waals surface area contributed by atoms with Crippen molar-refractivity contribution in [2.45, 2.75) is 51.0 Å². The van der Waals surface area contributed by atoms with E-state index < -0.39 is 23.9 Å². The monoisotopic (exact) mass is 299 g/mol. The smallest absolute Gasteiger partial charge is 0.315 e. The molecule has 1 atom stereocenters. The summed E-state index contributed by atoms with van der Waals surface area (Å²) in [7, 11) is 0. The second-order valence-corrected chi connectivity index (χ2v) is 4.96. The maximum Gasteiger partial charge on any atom is 0.315 e. The van der Waals surface area contributed by atoms with Crippen LogP contribution >= 0.6 is 0 Å². The molecule has 1 aliphatic heterocycles. The van der Waals surface area contributed by atoms with E-state index in [0.29, 0.717) is 19.4 Å². The predicted molar refractivity (Wildman–Crippen MR) is 73.4 cm³/mol. The lowest BCUT2D eigenvalue weighted by atomic mass is 10.1. The summed E-state index contributed by atoms with van der Waals surface area (Å²) in [4.78, 5) is 44.2. The lowest BCUT2D eigenvalue weighted by Gasteiger charge is -2.21. The van der Waals surface area contributed by atoms with E-state index in [1.54, 1.807) is 0 Å². The third kappa shape index (κ3) is 7.28. The van der Waals surface area contributed by atoms with Crippen LogP contribution in [0.25, 0.3) is 0 Å². The number of hydrogen-bond acceptors (Lipinski definition) is 4. The van der Waals surface area contributed by atoms with Crippen molar-refractivity contribution in [2.24, 2.45) is 0 Å². The van der Waals surface area contributed by atoms with E-state index in [-0.39, 0.29) is 18.7 Å². The minimum atomic E-state index is -0.795. The highest BCUT2D eigenvalue weighted by molar-refractivity contribution is 6.01. The minimum Gasteiger partial charge on any atom is -0.481 e. The van der Waals surface area contributed by atoms with Crippen LogP contribution in [0.15, 0.2) is 0 Å². The van der Waals surface area contributed by atoms with E-state index in [0.717, 1.165) is 19.3 Å². The highest BCUT2D eigenvalue weighted by atomic mass is 16.4. The fraction of sp³-hybridized carbons (Fsp3) is 0.692. The fourth-order valence-corrected chi connectivity index (χ4v) is 2.00. The number of carboxylic acid groups (broad SMARTS) is 1. The highest BCUT2D eigenvalue weighted by Crippen LogP contribution is 2.04. The molecule has 1 aliphatic rings. The number of piperidine rings is 1. The Balaban J connectivity index is 2.05. The van der Waals surface area contributed by atoms with Gasteiger partial charge >= 0.3 is 12.0 Å². The summed E-state index contributed by atoms with van der Waals surface area (Å²) in [5.74, 6) is -1.59. The molecule has 8 nitrogen and oxygen atoms in total. The summed E-state index contributed by atoms with van der Waals surface area (Å²) < 4.78 is 0. The molecule has 0 radical (unpaired) electrons. The summed E-state index contributed by atoms with van der Waals surface area (Å²) in [6.07, 6.45) is 3.74. The second-order valence-electron chi connectivity index (χ2n) is 4.96. The van der Waals surface area contributed by atoms with Gasteiger partial charge in [-0.05, 0) is 19.3 Å². The van der Waals surface area contributed by atoms with Crippen molar-refractivity contribution >= 4 is 23.8 Å². The zero-order valence-corrected chi connectivity index (χ0v) is 11.8. The van der Waals surface area contributed by atoms with Crippen molar-refractivity contribution in [3.63, 3.8) is 0 Å². The van der Waals surface area contributed by atoms with E-state index in [1.807, 2.05) is 0 Å². The molecule has 0 aromatic rings. The number of urea groups is 1. The third-order valence-corrected chi connectivity index (χ3v) is 3.15. The number of imide groups is 1. The van der Waals surface area contributed by atoms with Gasteiger partial charge in [-0.2, -0.15) is 0 Å². The van der Waals surface area contributed by atoms with Gasteiger partial charge in [-0.15, -0.1) is 0 Å². The Kier molecular flexibility index (Phi) is 7.20. The van der Waals surface area contributed by atoms with E-state index in [2.05, 4.69) is 16.0 Å². The third-order valence-electron chi connectivity index (χ3n) is 3.15. The van der Waals surface area contributed by atoms with Gasteiger partial charge in [0, 0.05) is 19.4 Å². The normalized spacial score (nSPS) is 18.0. The number of carbonyl (C=O) groups is 4. The van der Waals surface area contributed by atoms with Gasteiger partial charge in [0.25, 0.3) is 0 Å². The van der Waals surface area contributed by atoms with Crippen molar-refractivity contribution in [1.82, 2.24) is 16.0 Å². The van der Waals surface area contributed by atoms with E-state index >= 15 is 0 Å². The standard InChI is InChI=1S/C13H21N3O5/c17-10-7-6-9(12(20)16-10)15-13(21)14-8-4-2-1-3-5-11(18)19/h9H,1-8H2,(H,18,19)(H2,14,15,21)(H,16,17,20). The van der Waals surface area contributed by atoms with Crippen LogP contribution in [-0.2, 0) is 14.4 Å². The average molecular weight is 299 g/mol. The van der Waals surface area contributed by atoms with Crippen LogP contribution in [-0.4, -0.2) is 41.5 Å². The molecule has 8 heteroatoms. The number of unbranched alkanes of at least 4 members (excludes halogenated alkanes) is 3. The molecule has 0 aliphatic carbocycles. The van der Waals surface area contributed by atoms with E-state index in [4.69, 9.17) is 5.11 Å². The summed E-state index contributed by atoms with van der Waals surface area (Å²) in [5, 5.41) is 15.8. The van der Waals surface area contributed by atoms with Crippen LogP contribution in [0.2, 0.25) is 0 Å². The Hall–Kier alpha value is -2.12. The van der Waals surface area contributed by atoms with Crippen molar-refractivity contribution in [3.05, 3.63) is 0 Å². The second kappa shape index (κ2) is 8.93. The number of hydrogen-bond donors (Lipinski definition) is 4. The minimum absolute atomic E-state index is 0.170. The van der Waals surface area contributed by atoms with E-state index in [9.17, 15) is 19.2 Å². The van der Waals surface area contributed by atoms with Gasteiger partial charge in [-0.1, -0.05) is 12.8 Å². The molecule has 0 aromatic heterocycles. The molecule has 1 rings (SSSR count). The van der Waals surface area contributed by atoms with Gasteiger partial charge in [-0.25, -0.2) is 4.79 Å². The van der Waals surface area contributed by atoms with Crippen molar-refractivity contribution in [2.75, 3.05) is 6.54 Å². The number of amides is 4. The molecule has 1 unspecified atom stereocenters. The Morgan fingerprint density at radius 1 is 1.19 bits per heavy atom. The van der Waals surface area contributed by atoms with Gasteiger partial charge in [0.2, 0.25) is 11.8 Å². The first-order valence-corrected chi connectivity index (χ1v) is 7.09. The average Bonchev–Trinajstić information content (AvgIpc) is 2.40. The molecule has 0 spiro atoms. The molecule has 0 bridgehead atoms. The summed E-state index contributed by atoms with van der Waals surface area (Å²) in [6, 6.07) is -1.10. The fourth-order valence-electron chi connectivity index (χ4n) is 2.00. The summed E-state index contributed by atoms with van der Waals surface area (Å²) in [5.41, 5.74) is 0. The van der Waals surface area contributed by atoms with Gasteiger partial charge in [0.05, 0.1) is 0 Å². The highest BCUT2D eigenvalue weighted by Gasteiger charge is 2.27. The molecule has 4 amide bonds. The first kappa shape index (κ1) is 16.9. The number of carboxylic acids is 1. The van der Waals surface area contributed by atoms with Gasteiger partial charge in [0.15, 0.2) is 0 Å². The lowest BCUT2D eigenvalue weighted by Crippen LogP contribution is -2.54. The topological polar surface area (TPSA) is 125 Å². The SMILES string of the molecule is O=C(O)CCCCCCNC(=O)NC1CCC(=O)NC1=O. The maximum atomic E-state index is 11.6. The Morgan fingerprint density at radius 2 is 1.90 bits per heavy atom. The predicted octanol–water partition coefficient (Wildman–Crippen LogP) is 0.126. The first-order chi connectivity index (χ1) is 9.99. The Labute approximate surface area is 122 Å². The van der Waals surface area contributed by atoms with Gasteiger partial charge < -0.3 is 15.7 Å². The molecule has 1 fully saturated rings. The van der Waals surface area contributed by atoms with E-state index in [1.165, 1.54) is 0 Å². The van der Waals surface area contributed by atoms with Crippen LogP contribution < -0.4 is 16.0 Å². The molecule has 118 valence electrons. The maximum absolute atomic E-state index is 11.6. The Bertz CT molecular complexity index is 411. The summed E-state index contributed by atoms with van der Waals surface area (Å²) >= 11 is 0. The molecule has 1 saturated heterocycles. The zero-order valence-electron chi connectivity index (χ0n) is 11.8. The van der Waals surface area contributed by atoms with Crippen LogP contribution in [0.4, 0.5) is 4.79 Å². The molecule has 21 heavy (non-hydrogen) atoms. The van der Waals surface area contributed by atoms with Crippen molar-refractivity contribution in [1.29, 1.82) is 0 Å². The first-order valence-electron chi connectivity index (χ1n) is 7.09. The quantitative estimate of drug-likeness (QED) is 0.374. The van der Waals surface area contributed by atoms with Crippen LogP contribution in [0.5, 0.6) is 0 Å². The van der Waals surface area contributed by atoms with Crippen molar-refractivity contribution in [3.8, 4) is 0 Å². The zero-order chi connectivity index (χ0) is 15.7. The number of rotatable bonds is 8. The van der Waals surface area contributed by atoms with Gasteiger partial charge in [-0.3, -0.25) is 19.7 Å². The molecule has 0 aromatic carbocycles. The summed E-state index contributed by atoms with van der Waals surface area (Å²) in [6.45, 7) is 0.464. The molecule has 1 heterocycles. The molecule has 0 saturated carbocycles. The van der Waals surface area contributed by atoms with Crippen LogP contribution in [0.1, 0.15) is 44.9 Å². The number of carbonyl (C=O) groups excluding carboxylic acids is 3. The lowest BCUT2D eigenvalue weighted by molar-refractivity contribution is -0.137. The van der Waals surface area contributed by atoms with Crippen molar-refractivity contribution < 1.29 is 24.3 Å². The van der Waals surface area contributed by atoms with Crippen LogP contribution in [0.3, 0.4) is 0 Å². The van der Waals surface area contributed by atoms with Gasteiger partial charge in [0.1, 0.15) is 6.04 Å². The Morgan fingerprint density at radius 3 is 2.57 bits per heavy atom. The molecular weight excluding hydrogens is 278 g/mol. The largest absolute Gasteiger partial charge is 0.481 e. The number of nitrogens with one attached hydrogen (secondary N) is 3. The molecule has 4 N–H and O–H groups in total. The number of aliphatic carboxylic acids is 1. The van der Waals surface area contributed by atoms with Crippen LogP contribution in [0, 0.1) is 0 Å².